The summed E-state index contributed by atoms with van der Waals surface area (Å²) in [6, 6.07) is 4.98. The van der Waals surface area contributed by atoms with Crippen molar-refractivity contribution >= 4 is 23.5 Å². The van der Waals surface area contributed by atoms with E-state index in [1.165, 1.54) is 0 Å². The molecule has 1 amide bonds. The molecule has 0 fully saturated rings. The molecule has 0 aromatic carbocycles. The molecule has 110 valence electrons. The number of carbonyl (C=O) groups is 1. The molecule has 6 nitrogen and oxygen atoms in total. The van der Waals surface area contributed by atoms with E-state index in [2.05, 4.69) is 20.3 Å². The van der Waals surface area contributed by atoms with Gasteiger partial charge in [-0.2, -0.15) is 0 Å². The van der Waals surface area contributed by atoms with E-state index in [1.807, 2.05) is 24.9 Å². The Labute approximate surface area is 128 Å². The average molecular weight is 306 g/mol. The number of aromatic nitrogens is 3. The maximum atomic E-state index is 12.1. The molecule has 2 heterocycles. The second-order valence-electron chi connectivity index (χ2n) is 4.64. The minimum Gasteiger partial charge on any atom is -0.293 e. The molecule has 0 saturated carbocycles. The van der Waals surface area contributed by atoms with Crippen molar-refractivity contribution in [2.75, 3.05) is 12.4 Å². The first-order chi connectivity index (χ1) is 10.1. The van der Waals surface area contributed by atoms with Gasteiger partial charge in [0.05, 0.1) is 6.04 Å². The summed E-state index contributed by atoms with van der Waals surface area (Å²) in [6.07, 6.45) is 4.86. The van der Waals surface area contributed by atoms with Gasteiger partial charge in [0.2, 0.25) is 11.9 Å². The highest BCUT2D eigenvalue weighted by Gasteiger charge is 2.19. The Morgan fingerprint density at radius 2 is 2.05 bits per heavy atom. The topological polar surface area (TPSA) is 71.0 Å². The van der Waals surface area contributed by atoms with Crippen molar-refractivity contribution in [3.63, 3.8) is 0 Å². The molecule has 2 aromatic rings. The normalized spacial score (nSPS) is 12.2. The molecule has 0 aliphatic carbocycles. The lowest BCUT2D eigenvalue weighted by molar-refractivity contribution is -0.120. The van der Waals surface area contributed by atoms with E-state index in [1.54, 1.807) is 30.7 Å². The quantitative estimate of drug-likeness (QED) is 0.855. The second kappa shape index (κ2) is 7.10. The highest BCUT2D eigenvalue weighted by Crippen LogP contribution is 2.09. The number of halogens is 1. The third-order valence-corrected chi connectivity index (χ3v) is 3.29. The largest absolute Gasteiger partial charge is 0.293 e. The summed E-state index contributed by atoms with van der Waals surface area (Å²) in [5, 5.41) is 3.13. The van der Waals surface area contributed by atoms with Gasteiger partial charge in [-0.25, -0.2) is 15.0 Å². The lowest BCUT2D eigenvalue weighted by Gasteiger charge is -2.23. The Morgan fingerprint density at radius 1 is 1.33 bits per heavy atom. The van der Waals surface area contributed by atoms with Crippen LogP contribution in [0.25, 0.3) is 0 Å². The van der Waals surface area contributed by atoms with Gasteiger partial charge in [-0.15, -0.1) is 0 Å². The number of pyridine rings is 1. The molecular formula is C14H16ClN5O. The van der Waals surface area contributed by atoms with Crippen LogP contribution < -0.4 is 5.32 Å². The van der Waals surface area contributed by atoms with Crippen molar-refractivity contribution in [2.45, 2.75) is 19.5 Å². The zero-order chi connectivity index (χ0) is 15.2. The minimum absolute atomic E-state index is 0.161. The zero-order valence-corrected chi connectivity index (χ0v) is 12.6. The van der Waals surface area contributed by atoms with Gasteiger partial charge < -0.3 is 0 Å². The highest BCUT2D eigenvalue weighted by molar-refractivity contribution is 6.29. The Kier molecular flexibility index (Phi) is 5.19. The minimum atomic E-state index is -0.329. The molecule has 0 radical (unpaired) electrons. The third kappa shape index (κ3) is 4.47. The van der Waals surface area contributed by atoms with Gasteiger partial charge in [0, 0.05) is 25.1 Å². The predicted octanol–water partition coefficient (Wildman–Crippen LogP) is 1.98. The smallest absolute Gasteiger partial charge is 0.243 e. The zero-order valence-electron chi connectivity index (χ0n) is 11.8. The molecule has 0 bridgehead atoms. The van der Waals surface area contributed by atoms with Crippen molar-refractivity contribution in [1.29, 1.82) is 0 Å². The van der Waals surface area contributed by atoms with Crippen molar-refractivity contribution in [3.05, 3.63) is 47.5 Å². The van der Waals surface area contributed by atoms with Crippen molar-refractivity contribution < 1.29 is 4.79 Å². The first-order valence-corrected chi connectivity index (χ1v) is 6.82. The van der Waals surface area contributed by atoms with Crippen LogP contribution >= 0.6 is 11.6 Å². The number of nitrogens with zero attached hydrogens (tertiary/aromatic N) is 4. The second-order valence-corrected chi connectivity index (χ2v) is 5.03. The van der Waals surface area contributed by atoms with Gasteiger partial charge in [0.1, 0.15) is 5.15 Å². The Hall–Kier alpha value is -2.05. The maximum absolute atomic E-state index is 12.1. The van der Waals surface area contributed by atoms with Gasteiger partial charge in [-0.3, -0.25) is 15.0 Å². The number of amides is 1. The first-order valence-electron chi connectivity index (χ1n) is 6.45. The summed E-state index contributed by atoms with van der Waals surface area (Å²) in [5.74, 6) is 0.140. The maximum Gasteiger partial charge on any atom is 0.243 e. The van der Waals surface area contributed by atoms with Crippen molar-refractivity contribution in [1.82, 2.24) is 19.9 Å². The molecule has 21 heavy (non-hydrogen) atoms. The number of carbonyl (C=O) groups excluding carboxylic acids is 1. The van der Waals surface area contributed by atoms with E-state index in [0.29, 0.717) is 17.6 Å². The van der Waals surface area contributed by atoms with E-state index < -0.39 is 0 Å². The van der Waals surface area contributed by atoms with Crippen LogP contribution in [0.3, 0.4) is 0 Å². The molecule has 0 unspecified atom stereocenters. The Balaban J connectivity index is 1.93. The highest BCUT2D eigenvalue weighted by atomic mass is 35.5. The molecular weight excluding hydrogens is 290 g/mol. The van der Waals surface area contributed by atoms with Crippen LogP contribution in [0.15, 0.2) is 36.8 Å². The lowest BCUT2D eigenvalue weighted by Crippen LogP contribution is -2.39. The first kappa shape index (κ1) is 15.3. The molecule has 0 aliphatic heterocycles. The summed E-state index contributed by atoms with van der Waals surface area (Å²) in [7, 11) is 1.87. The van der Waals surface area contributed by atoms with Crippen LogP contribution in [0.2, 0.25) is 5.15 Å². The van der Waals surface area contributed by atoms with E-state index in [4.69, 9.17) is 11.6 Å². The Bertz CT molecular complexity index is 590. The summed E-state index contributed by atoms with van der Waals surface area (Å²) in [4.78, 5) is 26.0. The van der Waals surface area contributed by atoms with Crippen molar-refractivity contribution in [3.8, 4) is 0 Å². The number of nitrogens with one attached hydrogen (secondary N) is 1. The standard InChI is InChI=1S/C14H16ClN5O/c1-10(13(21)19-14-16-6-3-7-17-14)20(2)9-11-4-5-12(15)18-8-11/h3-8,10H,9H2,1-2H3,(H,16,17,19,21)/t10-/m0/s1. The van der Waals surface area contributed by atoms with Crippen molar-refractivity contribution in [2.24, 2.45) is 0 Å². The van der Waals surface area contributed by atoms with Crippen LogP contribution in [0, 0.1) is 0 Å². The van der Waals surface area contributed by atoms with Crippen LogP contribution in [-0.4, -0.2) is 38.8 Å². The van der Waals surface area contributed by atoms with Gasteiger partial charge >= 0.3 is 0 Å². The molecule has 2 rings (SSSR count). The number of hydrogen-bond acceptors (Lipinski definition) is 5. The fourth-order valence-corrected chi connectivity index (χ4v) is 1.82. The van der Waals surface area contributed by atoms with Gasteiger partial charge in [0.15, 0.2) is 0 Å². The van der Waals surface area contributed by atoms with E-state index in [-0.39, 0.29) is 11.9 Å². The summed E-state index contributed by atoms with van der Waals surface area (Å²) in [5.41, 5.74) is 0.984. The van der Waals surface area contributed by atoms with Crippen LogP contribution in [0.5, 0.6) is 0 Å². The third-order valence-electron chi connectivity index (χ3n) is 3.06. The van der Waals surface area contributed by atoms with Crippen LogP contribution in [0.1, 0.15) is 12.5 Å². The molecule has 0 aliphatic rings. The Morgan fingerprint density at radius 3 is 2.67 bits per heavy atom. The number of anilines is 1. The molecule has 2 aromatic heterocycles. The summed E-state index contributed by atoms with van der Waals surface area (Å²) in [6.45, 7) is 2.41. The fourth-order valence-electron chi connectivity index (χ4n) is 1.70. The molecule has 0 saturated heterocycles. The number of rotatable bonds is 5. The molecule has 1 N–H and O–H groups in total. The van der Waals surface area contributed by atoms with Gasteiger partial charge in [-0.05, 0) is 31.7 Å². The van der Waals surface area contributed by atoms with E-state index >= 15 is 0 Å². The average Bonchev–Trinajstić information content (AvgIpc) is 2.49. The lowest BCUT2D eigenvalue weighted by atomic mass is 10.2. The van der Waals surface area contributed by atoms with Crippen LogP contribution in [-0.2, 0) is 11.3 Å². The van der Waals surface area contributed by atoms with E-state index in [9.17, 15) is 4.79 Å². The van der Waals surface area contributed by atoms with E-state index in [0.717, 1.165) is 5.56 Å². The molecule has 0 spiro atoms. The number of likely N-dealkylation sites (N-methyl/N-ethyl adjacent to an activating group) is 1. The monoisotopic (exact) mass is 305 g/mol. The summed E-state index contributed by atoms with van der Waals surface area (Å²) < 4.78 is 0. The molecule has 1 atom stereocenters. The number of hydrogen-bond donors (Lipinski definition) is 1. The van der Waals surface area contributed by atoms with Crippen LogP contribution in [0.4, 0.5) is 5.95 Å². The predicted molar refractivity (Wildman–Crippen MR) is 80.8 cm³/mol. The fraction of sp³-hybridized carbons (Fsp3) is 0.286. The molecule has 7 heteroatoms. The van der Waals surface area contributed by atoms with Gasteiger partial charge in [0.25, 0.3) is 0 Å². The summed E-state index contributed by atoms with van der Waals surface area (Å²) >= 11 is 5.75. The van der Waals surface area contributed by atoms with Gasteiger partial charge in [-0.1, -0.05) is 17.7 Å². The SMILES string of the molecule is C[C@@H](C(=O)Nc1ncccn1)N(C)Cc1ccc(Cl)nc1.